The third-order valence-corrected chi connectivity index (χ3v) is 5.33. The molecule has 0 spiro atoms. The lowest BCUT2D eigenvalue weighted by atomic mass is 10.0. The molecule has 0 aromatic heterocycles. The second kappa shape index (κ2) is 9.72. The number of nitrogens with two attached hydrogens (primary N) is 2. The van der Waals surface area contributed by atoms with Gasteiger partial charge in [0.15, 0.2) is 0 Å². The summed E-state index contributed by atoms with van der Waals surface area (Å²) in [7, 11) is 0. The molecule has 1 aliphatic rings. The minimum absolute atomic E-state index is 0.0403. The Morgan fingerprint density at radius 1 is 1.09 bits per heavy atom. The zero-order chi connectivity index (χ0) is 24.3. The molecule has 3 amide bonds. The number of anilines is 1. The highest BCUT2D eigenvalue weighted by Gasteiger charge is 2.34. The molecule has 1 heterocycles. The fourth-order valence-corrected chi connectivity index (χ4v) is 3.62. The van der Waals surface area contributed by atoms with Crippen LogP contribution in [0, 0.1) is 0 Å². The fourth-order valence-electron chi connectivity index (χ4n) is 3.20. The van der Waals surface area contributed by atoms with Crippen molar-refractivity contribution in [2.24, 2.45) is 16.5 Å². The molecule has 5 N–H and O–H groups in total. The molecule has 0 bridgehead atoms. The number of rotatable bonds is 4. The lowest BCUT2D eigenvalue weighted by Gasteiger charge is -2.28. The first-order chi connectivity index (χ1) is 15.5. The van der Waals surface area contributed by atoms with Crippen LogP contribution in [0.25, 0.3) is 5.70 Å². The summed E-state index contributed by atoms with van der Waals surface area (Å²) in [6.07, 6.45) is -4.68. The molecular weight excluding hydrogens is 482 g/mol. The third kappa shape index (κ3) is 5.77. The van der Waals surface area contributed by atoms with Gasteiger partial charge in [-0.3, -0.25) is 9.79 Å². The van der Waals surface area contributed by atoms with Crippen molar-refractivity contribution >= 4 is 52.2 Å². The average Bonchev–Trinajstić information content (AvgIpc) is 2.74. The van der Waals surface area contributed by atoms with E-state index in [1.165, 1.54) is 11.0 Å². The van der Waals surface area contributed by atoms with Crippen molar-refractivity contribution in [1.82, 2.24) is 4.90 Å². The van der Waals surface area contributed by atoms with Gasteiger partial charge < -0.3 is 21.7 Å². The van der Waals surface area contributed by atoms with Gasteiger partial charge in [0.05, 0.1) is 40.7 Å². The van der Waals surface area contributed by atoms with Crippen molar-refractivity contribution < 1.29 is 22.8 Å². The Morgan fingerprint density at radius 2 is 1.82 bits per heavy atom. The molecule has 33 heavy (non-hydrogen) atoms. The van der Waals surface area contributed by atoms with E-state index in [1.807, 2.05) is 0 Å². The molecular formula is C21H18Cl2F3N5O2. The Labute approximate surface area is 196 Å². The maximum absolute atomic E-state index is 13.1. The second-order valence-corrected chi connectivity index (χ2v) is 7.88. The van der Waals surface area contributed by atoms with Crippen LogP contribution in [0.5, 0.6) is 0 Å². The molecule has 0 fully saturated rings. The quantitative estimate of drug-likeness (QED) is 0.548. The predicted molar refractivity (Wildman–Crippen MR) is 121 cm³/mol. The maximum Gasteiger partial charge on any atom is 0.417 e. The number of aliphatic imine (C=N–C) groups is 1. The van der Waals surface area contributed by atoms with Crippen LogP contribution in [0.1, 0.15) is 11.1 Å². The zero-order valence-corrected chi connectivity index (χ0v) is 18.4. The van der Waals surface area contributed by atoms with Gasteiger partial charge in [0.1, 0.15) is 0 Å². The summed E-state index contributed by atoms with van der Waals surface area (Å²) in [6, 6.07) is 8.81. The van der Waals surface area contributed by atoms with Crippen LogP contribution < -0.4 is 16.8 Å². The van der Waals surface area contributed by atoms with Gasteiger partial charge in [-0.1, -0.05) is 35.3 Å². The predicted octanol–water partition coefficient (Wildman–Crippen LogP) is 4.16. The molecule has 0 unspecified atom stereocenters. The smallest absolute Gasteiger partial charge is 0.398 e. The number of nitrogens with zero attached hydrogens (tertiary/aromatic N) is 2. The van der Waals surface area contributed by atoms with Gasteiger partial charge in [0.25, 0.3) is 5.91 Å². The van der Waals surface area contributed by atoms with Crippen LogP contribution in [0.3, 0.4) is 0 Å². The number of hydrogen-bond acceptors (Lipinski definition) is 4. The van der Waals surface area contributed by atoms with Crippen LogP contribution in [-0.4, -0.2) is 42.2 Å². The molecule has 1 aliphatic heterocycles. The van der Waals surface area contributed by atoms with E-state index in [4.69, 9.17) is 34.7 Å². The molecule has 7 nitrogen and oxygen atoms in total. The Bertz CT molecular complexity index is 1160. The SMILES string of the molecule is NC(=O)C(C1=NCCN(C(=O)Nc2ccc(Cl)c(C(F)(F)F)c2)C1)=C(N)c1cccc(Cl)c1. The van der Waals surface area contributed by atoms with E-state index in [9.17, 15) is 22.8 Å². The third-order valence-electron chi connectivity index (χ3n) is 4.76. The summed E-state index contributed by atoms with van der Waals surface area (Å²) < 4.78 is 39.3. The van der Waals surface area contributed by atoms with Gasteiger partial charge in [-0.15, -0.1) is 0 Å². The van der Waals surface area contributed by atoms with Gasteiger partial charge in [-0.05, 0) is 35.9 Å². The van der Waals surface area contributed by atoms with Gasteiger partial charge in [-0.2, -0.15) is 13.2 Å². The lowest BCUT2D eigenvalue weighted by Crippen LogP contribution is -2.45. The van der Waals surface area contributed by atoms with Crippen molar-refractivity contribution in [3.05, 3.63) is 69.2 Å². The maximum atomic E-state index is 13.1. The first kappa shape index (κ1) is 24.4. The highest BCUT2D eigenvalue weighted by molar-refractivity contribution is 6.32. The average molecular weight is 500 g/mol. The molecule has 0 radical (unpaired) electrons. The van der Waals surface area contributed by atoms with Gasteiger partial charge >= 0.3 is 12.2 Å². The van der Waals surface area contributed by atoms with Crippen LogP contribution in [0.4, 0.5) is 23.7 Å². The number of halogens is 5. The number of carbonyl (C=O) groups excluding carboxylic acids is 2. The second-order valence-electron chi connectivity index (χ2n) is 7.04. The van der Waals surface area contributed by atoms with Crippen molar-refractivity contribution in [2.45, 2.75) is 6.18 Å². The summed E-state index contributed by atoms with van der Waals surface area (Å²) in [4.78, 5) is 30.4. The van der Waals surface area contributed by atoms with E-state index in [0.717, 1.165) is 12.1 Å². The summed E-state index contributed by atoms with van der Waals surface area (Å²) in [6.45, 7) is 0.167. The van der Waals surface area contributed by atoms with Crippen LogP contribution >= 0.6 is 23.2 Å². The summed E-state index contributed by atoms with van der Waals surface area (Å²) in [5.74, 6) is -0.846. The molecule has 3 rings (SSSR count). The minimum Gasteiger partial charge on any atom is -0.398 e. The fraction of sp³-hybridized carbons (Fsp3) is 0.190. The van der Waals surface area contributed by atoms with E-state index in [0.29, 0.717) is 10.6 Å². The number of primary amides is 1. The van der Waals surface area contributed by atoms with Crippen molar-refractivity contribution in [1.29, 1.82) is 0 Å². The summed E-state index contributed by atoms with van der Waals surface area (Å²) in [5.41, 5.74) is 11.1. The Balaban J connectivity index is 1.83. The molecule has 0 atom stereocenters. The van der Waals surface area contributed by atoms with Crippen LogP contribution in [0.2, 0.25) is 10.0 Å². The number of urea groups is 1. The lowest BCUT2D eigenvalue weighted by molar-refractivity contribution is -0.137. The zero-order valence-electron chi connectivity index (χ0n) is 16.9. The van der Waals surface area contributed by atoms with Crippen LogP contribution in [-0.2, 0) is 11.0 Å². The monoisotopic (exact) mass is 499 g/mol. The highest BCUT2D eigenvalue weighted by Crippen LogP contribution is 2.36. The number of hydrogen-bond donors (Lipinski definition) is 3. The highest BCUT2D eigenvalue weighted by atomic mass is 35.5. The summed E-state index contributed by atoms with van der Waals surface area (Å²) >= 11 is 11.6. The van der Waals surface area contributed by atoms with Gasteiger partial charge in [0.2, 0.25) is 0 Å². The largest absolute Gasteiger partial charge is 0.417 e. The number of carbonyl (C=O) groups is 2. The molecule has 12 heteroatoms. The number of benzene rings is 2. The van der Waals surface area contributed by atoms with E-state index in [1.54, 1.807) is 24.3 Å². The Hall–Kier alpha value is -3.24. The van der Waals surface area contributed by atoms with Crippen LogP contribution in [0.15, 0.2) is 53.0 Å². The van der Waals surface area contributed by atoms with Gasteiger partial charge in [-0.25, -0.2) is 4.79 Å². The number of nitrogens with one attached hydrogen (secondary N) is 1. The van der Waals surface area contributed by atoms with Gasteiger partial charge in [0, 0.05) is 17.3 Å². The molecule has 174 valence electrons. The Kier molecular flexibility index (Phi) is 7.19. The molecule has 0 saturated heterocycles. The number of amides is 3. The Morgan fingerprint density at radius 3 is 2.45 bits per heavy atom. The first-order valence-electron chi connectivity index (χ1n) is 9.49. The minimum atomic E-state index is -4.68. The van der Waals surface area contributed by atoms with Crippen molar-refractivity contribution in [3.8, 4) is 0 Å². The van der Waals surface area contributed by atoms with E-state index in [2.05, 4.69) is 10.3 Å². The topological polar surface area (TPSA) is 114 Å². The first-order valence-corrected chi connectivity index (χ1v) is 10.2. The standard InChI is InChI=1S/C21H18Cl2F3N5O2/c22-12-3-1-2-11(8-12)18(27)17(19(28)32)16-10-31(7-6-29-16)20(33)30-13-4-5-15(23)14(9-13)21(24,25)26/h1-5,8-9H,6-7,10,27H2,(H2,28,32)(H,30,33). The van der Waals surface area contributed by atoms with E-state index < -0.39 is 28.7 Å². The molecule has 0 saturated carbocycles. The van der Waals surface area contributed by atoms with Crippen molar-refractivity contribution in [3.63, 3.8) is 0 Å². The number of alkyl halides is 3. The van der Waals surface area contributed by atoms with Crippen molar-refractivity contribution in [2.75, 3.05) is 25.0 Å². The molecule has 2 aromatic carbocycles. The van der Waals surface area contributed by atoms with E-state index >= 15 is 0 Å². The molecule has 2 aromatic rings. The molecule has 0 aliphatic carbocycles. The normalized spacial score (nSPS) is 14.9. The summed E-state index contributed by atoms with van der Waals surface area (Å²) in [5, 5.41) is 2.31. The van der Waals surface area contributed by atoms with E-state index in [-0.39, 0.29) is 42.3 Å².